The van der Waals surface area contributed by atoms with Gasteiger partial charge in [-0.25, -0.2) is 0 Å². The van der Waals surface area contributed by atoms with Gasteiger partial charge in [0.2, 0.25) is 0 Å². The van der Waals surface area contributed by atoms with Gasteiger partial charge in [0, 0.05) is 16.1 Å². The average molecular weight is 381 g/mol. The van der Waals surface area contributed by atoms with Crippen LogP contribution >= 0.6 is 24.0 Å². The molecule has 25 heavy (non-hydrogen) atoms. The molecule has 0 atom stereocenters. The second kappa shape index (κ2) is 9.33. The Bertz CT molecular complexity index is 752. The molecule has 0 aliphatic rings. The third kappa shape index (κ3) is 6.32. The standard InChI is InChI=1S/C17H17F2N3OS2/c1-11(12-4-3-5-14(10-12)23-2)21-22-17(24)20-13-6-8-15(9-7-13)25-16(18)19/h3-10,16H,1-2H3,(H2,20,22,24)/b21-11-. The van der Waals surface area contributed by atoms with Crippen LogP contribution in [0.5, 0.6) is 5.75 Å². The van der Waals surface area contributed by atoms with Crippen molar-refractivity contribution in [2.24, 2.45) is 5.10 Å². The largest absolute Gasteiger partial charge is 0.497 e. The van der Waals surface area contributed by atoms with E-state index in [2.05, 4.69) is 15.8 Å². The summed E-state index contributed by atoms with van der Waals surface area (Å²) in [4.78, 5) is 0.492. The maximum Gasteiger partial charge on any atom is 0.288 e. The molecular weight excluding hydrogens is 364 g/mol. The number of rotatable bonds is 6. The van der Waals surface area contributed by atoms with Crippen molar-refractivity contribution in [3.63, 3.8) is 0 Å². The van der Waals surface area contributed by atoms with Crippen LogP contribution in [-0.2, 0) is 0 Å². The molecule has 0 aromatic heterocycles. The summed E-state index contributed by atoms with van der Waals surface area (Å²) in [5.41, 5.74) is 5.09. The van der Waals surface area contributed by atoms with E-state index in [4.69, 9.17) is 17.0 Å². The molecule has 0 bridgehead atoms. The van der Waals surface area contributed by atoms with Crippen LogP contribution in [0.3, 0.4) is 0 Å². The Labute approximate surface area is 154 Å². The second-order valence-electron chi connectivity index (χ2n) is 4.90. The fraction of sp³-hybridized carbons (Fsp3) is 0.176. The van der Waals surface area contributed by atoms with Gasteiger partial charge in [-0.2, -0.15) is 13.9 Å². The molecule has 0 heterocycles. The number of thiocarbonyl (C=S) groups is 1. The SMILES string of the molecule is COc1cccc(/C(C)=N\NC(=S)Nc2ccc(SC(F)F)cc2)c1. The van der Waals surface area contributed by atoms with Gasteiger partial charge in [0.25, 0.3) is 5.76 Å². The number of anilines is 1. The Hall–Kier alpha value is -2.19. The van der Waals surface area contributed by atoms with Crippen LogP contribution in [0.15, 0.2) is 58.5 Å². The van der Waals surface area contributed by atoms with Crippen molar-refractivity contribution in [2.75, 3.05) is 12.4 Å². The van der Waals surface area contributed by atoms with Gasteiger partial charge in [-0.15, -0.1) is 0 Å². The molecule has 0 fully saturated rings. The lowest BCUT2D eigenvalue weighted by Gasteiger charge is -2.09. The Morgan fingerprint density at radius 1 is 1.20 bits per heavy atom. The van der Waals surface area contributed by atoms with E-state index < -0.39 is 5.76 Å². The molecule has 2 N–H and O–H groups in total. The Morgan fingerprint density at radius 3 is 2.56 bits per heavy atom. The molecule has 0 saturated carbocycles. The Morgan fingerprint density at radius 2 is 1.92 bits per heavy atom. The topological polar surface area (TPSA) is 45.6 Å². The van der Waals surface area contributed by atoms with Gasteiger partial charge in [0.05, 0.1) is 12.8 Å². The fourth-order valence-corrected chi connectivity index (χ4v) is 2.59. The van der Waals surface area contributed by atoms with Gasteiger partial charge in [-0.3, -0.25) is 5.43 Å². The highest BCUT2D eigenvalue weighted by Gasteiger charge is 2.05. The number of hydrogen-bond acceptors (Lipinski definition) is 4. The molecule has 0 aliphatic heterocycles. The van der Waals surface area contributed by atoms with Crippen LogP contribution < -0.4 is 15.5 Å². The van der Waals surface area contributed by atoms with Crippen LogP contribution in [0, 0.1) is 0 Å². The highest BCUT2D eigenvalue weighted by atomic mass is 32.2. The summed E-state index contributed by atoms with van der Waals surface area (Å²) < 4.78 is 29.8. The normalized spacial score (nSPS) is 11.3. The van der Waals surface area contributed by atoms with Crippen molar-refractivity contribution < 1.29 is 13.5 Å². The number of methoxy groups -OCH3 is 1. The molecule has 2 rings (SSSR count). The van der Waals surface area contributed by atoms with Crippen LogP contribution in [0.1, 0.15) is 12.5 Å². The van der Waals surface area contributed by atoms with E-state index >= 15 is 0 Å². The molecule has 4 nitrogen and oxygen atoms in total. The number of alkyl halides is 2. The second-order valence-corrected chi connectivity index (χ2v) is 6.37. The maximum absolute atomic E-state index is 12.3. The molecule has 0 saturated heterocycles. The number of nitrogens with zero attached hydrogens (tertiary/aromatic N) is 1. The van der Waals surface area contributed by atoms with E-state index in [0.717, 1.165) is 17.0 Å². The van der Waals surface area contributed by atoms with Gasteiger partial charge in [-0.05, 0) is 55.5 Å². The summed E-state index contributed by atoms with van der Waals surface area (Å²) in [6.45, 7) is 1.85. The monoisotopic (exact) mass is 381 g/mol. The molecule has 0 spiro atoms. The predicted octanol–water partition coefficient (Wildman–Crippen LogP) is 4.72. The van der Waals surface area contributed by atoms with Gasteiger partial charge < -0.3 is 10.1 Å². The summed E-state index contributed by atoms with van der Waals surface area (Å²) in [6.07, 6.45) is 0. The van der Waals surface area contributed by atoms with Gasteiger partial charge in [0.1, 0.15) is 5.75 Å². The number of nitrogens with one attached hydrogen (secondary N) is 2. The van der Waals surface area contributed by atoms with Crippen molar-refractivity contribution in [3.8, 4) is 5.75 Å². The van der Waals surface area contributed by atoms with Gasteiger partial charge in [-0.1, -0.05) is 23.9 Å². The van der Waals surface area contributed by atoms with Crippen LogP contribution in [0.2, 0.25) is 0 Å². The molecule has 0 unspecified atom stereocenters. The minimum absolute atomic E-state index is 0.302. The number of thioether (sulfide) groups is 1. The van der Waals surface area contributed by atoms with E-state index in [1.807, 2.05) is 31.2 Å². The lowest BCUT2D eigenvalue weighted by molar-refractivity contribution is 0.252. The molecule has 0 radical (unpaired) electrons. The molecule has 132 valence electrons. The van der Waals surface area contributed by atoms with Crippen molar-refractivity contribution in [2.45, 2.75) is 17.6 Å². The van der Waals surface area contributed by atoms with Crippen LogP contribution in [-0.4, -0.2) is 23.7 Å². The highest BCUT2D eigenvalue weighted by Crippen LogP contribution is 2.26. The van der Waals surface area contributed by atoms with Crippen molar-refractivity contribution in [3.05, 3.63) is 54.1 Å². The first-order valence-electron chi connectivity index (χ1n) is 7.28. The van der Waals surface area contributed by atoms with E-state index in [9.17, 15) is 8.78 Å². The first kappa shape index (κ1) is 19.1. The van der Waals surface area contributed by atoms with Crippen molar-refractivity contribution in [1.82, 2.24) is 5.43 Å². The third-order valence-electron chi connectivity index (χ3n) is 3.15. The zero-order valence-corrected chi connectivity index (χ0v) is 15.3. The highest BCUT2D eigenvalue weighted by molar-refractivity contribution is 7.99. The van der Waals surface area contributed by atoms with Gasteiger partial charge >= 0.3 is 0 Å². The number of ether oxygens (including phenoxy) is 1. The number of benzene rings is 2. The number of hydrazone groups is 1. The van der Waals surface area contributed by atoms with Crippen LogP contribution in [0.4, 0.5) is 14.5 Å². The molecular formula is C17H17F2N3OS2. The lowest BCUT2D eigenvalue weighted by atomic mass is 10.1. The first-order valence-corrected chi connectivity index (χ1v) is 8.57. The molecule has 2 aromatic rings. The quantitative estimate of drug-likeness (QED) is 0.328. The summed E-state index contributed by atoms with van der Waals surface area (Å²) >= 11 is 5.68. The Kier molecular flexibility index (Phi) is 7.15. The lowest BCUT2D eigenvalue weighted by Crippen LogP contribution is -2.24. The average Bonchev–Trinajstić information content (AvgIpc) is 2.61. The summed E-state index contributed by atoms with van der Waals surface area (Å²) in [7, 11) is 1.61. The first-order chi connectivity index (χ1) is 12.0. The smallest absolute Gasteiger partial charge is 0.288 e. The van der Waals surface area contributed by atoms with Crippen molar-refractivity contribution >= 4 is 40.5 Å². The van der Waals surface area contributed by atoms with E-state index in [-0.39, 0.29) is 0 Å². The van der Waals surface area contributed by atoms with E-state index in [1.165, 1.54) is 0 Å². The van der Waals surface area contributed by atoms with Gasteiger partial charge in [0.15, 0.2) is 5.11 Å². The zero-order chi connectivity index (χ0) is 18.2. The third-order valence-corrected chi connectivity index (χ3v) is 4.07. The van der Waals surface area contributed by atoms with E-state index in [0.29, 0.717) is 27.5 Å². The fourth-order valence-electron chi connectivity index (χ4n) is 1.93. The minimum atomic E-state index is -2.43. The summed E-state index contributed by atoms with van der Waals surface area (Å²) in [5.74, 6) is -1.69. The number of hydrogen-bond donors (Lipinski definition) is 2. The summed E-state index contributed by atoms with van der Waals surface area (Å²) in [6, 6.07) is 14.1. The predicted molar refractivity (Wildman–Crippen MR) is 103 cm³/mol. The van der Waals surface area contributed by atoms with Crippen molar-refractivity contribution in [1.29, 1.82) is 0 Å². The van der Waals surface area contributed by atoms with Crippen LogP contribution in [0.25, 0.3) is 0 Å². The molecule has 8 heteroatoms. The molecule has 2 aromatic carbocycles. The number of halogens is 2. The minimum Gasteiger partial charge on any atom is -0.497 e. The Balaban J connectivity index is 1.93. The summed E-state index contributed by atoms with van der Waals surface area (Å²) in [5, 5.41) is 7.47. The maximum atomic E-state index is 12.3. The molecule has 0 amide bonds. The molecule has 0 aliphatic carbocycles. The zero-order valence-electron chi connectivity index (χ0n) is 13.6. The van der Waals surface area contributed by atoms with E-state index in [1.54, 1.807) is 31.4 Å².